The molecule has 1 amide bonds. The molecule has 0 aliphatic heterocycles. The van der Waals surface area contributed by atoms with Crippen molar-refractivity contribution in [1.82, 2.24) is 5.32 Å². The molecule has 126 valence electrons. The zero-order valence-electron chi connectivity index (χ0n) is 14.0. The zero-order valence-corrected chi connectivity index (χ0v) is 14.8. The highest BCUT2D eigenvalue weighted by molar-refractivity contribution is 5.85. The molecule has 0 fully saturated rings. The van der Waals surface area contributed by atoms with Crippen LogP contribution in [0.1, 0.15) is 52.1 Å². The van der Waals surface area contributed by atoms with Gasteiger partial charge in [-0.2, -0.15) is 0 Å². The van der Waals surface area contributed by atoms with Crippen LogP contribution in [-0.2, 0) is 4.79 Å². The third kappa shape index (κ3) is 4.62. The lowest BCUT2D eigenvalue weighted by molar-refractivity contribution is -0.131. The summed E-state index contributed by atoms with van der Waals surface area (Å²) < 4.78 is 5.63. The minimum absolute atomic E-state index is 0. The predicted molar refractivity (Wildman–Crippen MR) is 93.5 cm³/mol. The molecule has 5 heteroatoms. The molecule has 0 aliphatic carbocycles. The van der Waals surface area contributed by atoms with Crippen molar-refractivity contribution in [2.24, 2.45) is 11.1 Å². The van der Waals surface area contributed by atoms with Crippen LogP contribution in [0.4, 0.5) is 0 Å². The number of rotatable bonds is 8. The van der Waals surface area contributed by atoms with E-state index in [1.54, 1.807) is 0 Å². The lowest BCUT2D eigenvalue weighted by atomic mass is 9.81. The summed E-state index contributed by atoms with van der Waals surface area (Å²) in [5.74, 6) is 0.841. The number of para-hydroxylation sites is 1. The average molecular weight is 329 g/mol. The van der Waals surface area contributed by atoms with Gasteiger partial charge in [0.25, 0.3) is 0 Å². The number of nitrogens with two attached hydrogens (primary N) is 1. The molecule has 1 aromatic carbocycles. The molecule has 22 heavy (non-hydrogen) atoms. The van der Waals surface area contributed by atoms with Gasteiger partial charge in [-0.3, -0.25) is 4.79 Å². The number of hydrogen-bond donors (Lipinski definition) is 2. The van der Waals surface area contributed by atoms with Crippen LogP contribution in [0.5, 0.6) is 5.75 Å². The van der Waals surface area contributed by atoms with Gasteiger partial charge in [-0.15, -0.1) is 12.4 Å². The first-order valence-corrected chi connectivity index (χ1v) is 7.77. The molecule has 0 heterocycles. The number of carbonyl (C=O) groups excluding carboxylic acids is 1. The highest BCUT2D eigenvalue weighted by Gasteiger charge is 2.34. The van der Waals surface area contributed by atoms with Crippen LogP contribution in [0.3, 0.4) is 0 Å². The van der Waals surface area contributed by atoms with Crippen molar-refractivity contribution in [1.29, 1.82) is 0 Å². The first-order chi connectivity index (χ1) is 10.0. The Morgan fingerprint density at radius 1 is 1.27 bits per heavy atom. The van der Waals surface area contributed by atoms with Crippen molar-refractivity contribution in [3.63, 3.8) is 0 Å². The van der Waals surface area contributed by atoms with Crippen LogP contribution in [-0.4, -0.2) is 19.1 Å². The number of carbonyl (C=O) groups is 1. The third-order valence-electron chi connectivity index (χ3n) is 4.26. The van der Waals surface area contributed by atoms with Crippen LogP contribution in [0.25, 0.3) is 0 Å². The zero-order chi connectivity index (χ0) is 15.9. The highest BCUT2D eigenvalue weighted by atomic mass is 35.5. The number of nitrogens with one attached hydrogen (secondary N) is 1. The largest absolute Gasteiger partial charge is 0.494 e. The smallest absolute Gasteiger partial charge is 0.227 e. The second kappa shape index (κ2) is 9.70. The molecule has 0 saturated heterocycles. The second-order valence-electron chi connectivity index (χ2n) is 5.36. The van der Waals surface area contributed by atoms with E-state index in [4.69, 9.17) is 10.5 Å². The van der Waals surface area contributed by atoms with Gasteiger partial charge in [0.15, 0.2) is 0 Å². The SMILES string of the molecule is CCOc1ccccc1C(C)NC(=O)C(CC)(CC)CN.Cl. The van der Waals surface area contributed by atoms with Gasteiger partial charge in [0.2, 0.25) is 5.91 Å². The van der Waals surface area contributed by atoms with E-state index in [-0.39, 0.29) is 24.4 Å². The van der Waals surface area contributed by atoms with E-state index >= 15 is 0 Å². The first kappa shape index (κ1) is 20.7. The van der Waals surface area contributed by atoms with Crippen LogP contribution >= 0.6 is 12.4 Å². The van der Waals surface area contributed by atoms with Crippen LogP contribution in [0.15, 0.2) is 24.3 Å². The summed E-state index contributed by atoms with van der Waals surface area (Å²) >= 11 is 0. The fourth-order valence-corrected chi connectivity index (χ4v) is 2.51. The highest BCUT2D eigenvalue weighted by Crippen LogP contribution is 2.29. The number of halogens is 1. The lowest BCUT2D eigenvalue weighted by Crippen LogP contribution is -2.46. The summed E-state index contributed by atoms with van der Waals surface area (Å²) in [5.41, 5.74) is 6.35. The van der Waals surface area contributed by atoms with Crippen molar-refractivity contribution < 1.29 is 9.53 Å². The van der Waals surface area contributed by atoms with Gasteiger partial charge in [0, 0.05) is 12.1 Å². The monoisotopic (exact) mass is 328 g/mol. The molecule has 1 aromatic rings. The summed E-state index contributed by atoms with van der Waals surface area (Å²) in [6, 6.07) is 7.70. The predicted octanol–water partition coefficient (Wildman–Crippen LogP) is 3.45. The molecule has 0 spiro atoms. The number of ether oxygens (including phenoxy) is 1. The van der Waals surface area contributed by atoms with Crippen molar-refractivity contribution in [2.75, 3.05) is 13.2 Å². The summed E-state index contributed by atoms with van der Waals surface area (Å²) in [7, 11) is 0. The van der Waals surface area contributed by atoms with Crippen LogP contribution in [0.2, 0.25) is 0 Å². The summed E-state index contributed by atoms with van der Waals surface area (Å²) in [6.45, 7) is 8.92. The fraction of sp³-hybridized carbons (Fsp3) is 0.588. The van der Waals surface area contributed by atoms with Gasteiger partial charge in [-0.25, -0.2) is 0 Å². The number of amides is 1. The molecule has 0 bridgehead atoms. The van der Waals surface area contributed by atoms with Gasteiger partial charge < -0.3 is 15.8 Å². The van der Waals surface area contributed by atoms with E-state index in [1.165, 1.54) is 0 Å². The molecular weight excluding hydrogens is 300 g/mol. The fourth-order valence-electron chi connectivity index (χ4n) is 2.51. The molecule has 4 nitrogen and oxygen atoms in total. The lowest BCUT2D eigenvalue weighted by Gasteiger charge is -2.30. The average Bonchev–Trinajstić information content (AvgIpc) is 2.50. The van der Waals surface area contributed by atoms with Crippen molar-refractivity contribution in [2.45, 2.75) is 46.6 Å². The van der Waals surface area contributed by atoms with Gasteiger partial charge in [0.05, 0.1) is 18.1 Å². The minimum Gasteiger partial charge on any atom is -0.494 e. The summed E-state index contributed by atoms with van der Waals surface area (Å²) in [4.78, 5) is 12.6. The third-order valence-corrected chi connectivity index (χ3v) is 4.26. The topological polar surface area (TPSA) is 64.3 Å². The molecular formula is C17H29ClN2O2. The number of hydrogen-bond acceptors (Lipinski definition) is 3. The Kier molecular flexibility index (Phi) is 9.14. The molecule has 0 radical (unpaired) electrons. The maximum atomic E-state index is 12.6. The van der Waals surface area contributed by atoms with Crippen molar-refractivity contribution in [3.05, 3.63) is 29.8 Å². The van der Waals surface area contributed by atoms with Crippen molar-refractivity contribution in [3.8, 4) is 5.75 Å². The first-order valence-electron chi connectivity index (χ1n) is 7.77. The van der Waals surface area contributed by atoms with E-state index in [2.05, 4.69) is 5.32 Å². The molecule has 0 aromatic heterocycles. The Labute approximate surface area is 140 Å². The molecule has 0 aliphatic rings. The standard InChI is InChI=1S/C17H28N2O2.ClH/c1-5-17(6-2,12-18)16(20)19-13(4)14-10-8-9-11-15(14)21-7-3;/h8-11,13H,5-7,12,18H2,1-4H3,(H,19,20);1H. The summed E-state index contributed by atoms with van der Waals surface area (Å²) in [5, 5.41) is 3.09. The molecule has 0 saturated carbocycles. The minimum atomic E-state index is -0.477. The molecule has 3 N–H and O–H groups in total. The maximum Gasteiger partial charge on any atom is 0.227 e. The summed E-state index contributed by atoms with van der Waals surface area (Å²) in [6.07, 6.45) is 1.48. The Bertz CT molecular complexity index is 453. The van der Waals surface area contributed by atoms with Crippen LogP contribution < -0.4 is 15.8 Å². The Balaban J connectivity index is 0.00000441. The van der Waals surface area contributed by atoms with Gasteiger partial charge in [-0.05, 0) is 32.8 Å². The van der Waals surface area contributed by atoms with Crippen molar-refractivity contribution >= 4 is 18.3 Å². The van der Waals surface area contributed by atoms with E-state index in [1.807, 2.05) is 52.0 Å². The Morgan fingerprint density at radius 2 is 1.86 bits per heavy atom. The normalized spacial score (nSPS) is 12.2. The van der Waals surface area contributed by atoms with Gasteiger partial charge in [0.1, 0.15) is 5.75 Å². The van der Waals surface area contributed by atoms with E-state index in [0.717, 1.165) is 24.2 Å². The Hall–Kier alpha value is -1.26. The number of benzene rings is 1. The molecule has 1 atom stereocenters. The quantitative estimate of drug-likeness (QED) is 0.768. The molecule has 1 unspecified atom stereocenters. The van der Waals surface area contributed by atoms with Crippen LogP contribution in [0, 0.1) is 5.41 Å². The Morgan fingerprint density at radius 3 is 2.36 bits per heavy atom. The van der Waals surface area contributed by atoms with E-state index in [0.29, 0.717) is 13.2 Å². The second-order valence-corrected chi connectivity index (χ2v) is 5.36. The van der Waals surface area contributed by atoms with E-state index in [9.17, 15) is 4.79 Å². The van der Waals surface area contributed by atoms with E-state index < -0.39 is 5.41 Å². The molecule has 1 rings (SSSR count). The van der Waals surface area contributed by atoms with Gasteiger partial charge in [-0.1, -0.05) is 32.0 Å². The van der Waals surface area contributed by atoms with Gasteiger partial charge >= 0.3 is 0 Å². The maximum absolute atomic E-state index is 12.6.